The van der Waals surface area contributed by atoms with Gasteiger partial charge in [0.1, 0.15) is 5.75 Å². The molecule has 0 saturated heterocycles. The highest BCUT2D eigenvalue weighted by Crippen LogP contribution is 2.34. The van der Waals surface area contributed by atoms with E-state index in [4.69, 9.17) is 6.42 Å². The number of Topliss-reactive ketones (excluding diaryl/α,β-unsaturated/α-hetero) is 1. The molecule has 0 saturated carbocycles. The van der Waals surface area contributed by atoms with E-state index in [1.807, 2.05) is 27.7 Å². The van der Waals surface area contributed by atoms with Crippen molar-refractivity contribution in [3.63, 3.8) is 0 Å². The fourth-order valence-corrected chi connectivity index (χ4v) is 2.01. The summed E-state index contributed by atoms with van der Waals surface area (Å²) in [4.78, 5) is 12.1. The predicted octanol–water partition coefficient (Wildman–Crippen LogP) is 3.98. The van der Waals surface area contributed by atoms with Crippen LogP contribution in [0.25, 0.3) is 0 Å². The van der Waals surface area contributed by atoms with Crippen molar-refractivity contribution in [1.82, 2.24) is 0 Å². The van der Waals surface area contributed by atoms with Crippen molar-refractivity contribution in [3.8, 4) is 18.1 Å². The van der Waals surface area contributed by atoms with Gasteiger partial charge in [0, 0.05) is 24.0 Å². The molecule has 0 radical (unpaired) electrons. The number of carbonyl (C=O) groups is 1. The van der Waals surface area contributed by atoms with Gasteiger partial charge in [-0.2, -0.15) is 0 Å². The van der Waals surface area contributed by atoms with Crippen LogP contribution in [0.4, 0.5) is 0 Å². The Morgan fingerprint density at radius 1 is 1.37 bits per heavy atom. The summed E-state index contributed by atoms with van der Waals surface area (Å²) in [5, 5.41) is 10.1. The molecule has 1 aromatic rings. The van der Waals surface area contributed by atoms with E-state index >= 15 is 0 Å². The number of hydrogen-bond donors (Lipinski definition) is 1. The lowest BCUT2D eigenvalue weighted by atomic mass is 9.83. The van der Waals surface area contributed by atoms with Crippen molar-refractivity contribution in [2.75, 3.05) is 0 Å². The van der Waals surface area contributed by atoms with E-state index in [-0.39, 0.29) is 16.9 Å². The first kappa shape index (κ1) is 15.3. The molecule has 19 heavy (non-hydrogen) atoms. The molecule has 2 heteroatoms. The van der Waals surface area contributed by atoms with Gasteiger partial charge in [0.25, 0.3) is 0 Å². The Morgan fingerprint density at radius 2 is 2.00 bits per heavy atom. The van der Waals surface area contributed by atoms with E-state index in [9.17, 15) is 9.90 Å². The number of aryl methyl sites for hydroxylation is 1. The first-order chi connectivity index (χ1) is 8.77. The van der Waals surface area contributed by atoms with Gasteiger partial charge in [-0.1, -0.05) is 20.8 Å². The zero-order valence-corrected chi connectivity index (χ0v) is 12.2. The minimum atomic E-state index is -0.191. The molecule has 1 rings (SSSR count). The van der Waals surface area contributed by atoms with Crippen LogP contribution in [-0.4, -0.2) is 10.9 Å². The first-order valence-electron chi connectivity index (χ1n) is 6.58. The minimum Gasteiger partial charge on any atom is -0.507 e. The first-order valence-corrected chi connectivity index (χ1v) is 6.58. The Kier molecular flexibility index (Phi) is 4.78. The molecule has 102 valence electrons. The Morgan fingerprint density at radius 3 is 2.53 bits per heavy atom. The lowest BCUT2D eigenvalue weighted by molar-refractivity contribution is 0.0980. The largest absolute Gasteiger partial charge is 0.507 e. The van der Waals surface area contributed by atoms with Crippen LogP contribution < -0.4 is 0 Å². The van der Waals surface area contributed by atoms with E-state index in [2.05, 4.69) is 5.92 Å². The van der Waals surface area contributed by atoms with Crippen LogP contribution in [0, 0.1) is 19.3 Å². The molecule has 0 atom stereocenters. The van der Waals surface area contributed by atoms with Gasteiger partial charge >= 0.3 is 0 Å². The minimum absolute atomic E-state index is 0.0869. The van der Waals surface area contributed by atoms with Crippen LogP contribution in [0.5, 0.6) is 5.75 Å². The molecule has 0 aliphatic rings. The van der Waals surface area contributed by atoms with Crippen molar-refractivity contribution in [3.05, 3.63) is 28.8 Å². The number of hydrogen-bond acceptors (Lipinski definition) is 2. The van der Waals surface area contributed by atoms with E-state index in [1.54, 1.807) is 12.1 Å². The van der Waals surface area contributed by atoms with Crippen molar-refractivity contribution < 1.29 is 9.90 Å². The molecule has 0 fully saturated rings. The maximum atomic E-state index is 12.1. The normalized spacial score (nSPS) is 11.1. The monoisotopic (exact) mass is 258 g/mol. The van der Waals surface area contributed by atoms with E-state index in [1.165, 1.54) is 0 Å². The molecular formula is C17H22O2. The molecular weight excluding hydrogens is 236 g/mol. The number of benzene rings is 1. The second kappa shape index (κ2) is 5.93. The molecule has 0 bridgehead atoms. The fourth-order valence-electron chi connectivity index (χ4n) is 2.01. The highest BCUT2D eigenvalue weighted by Gasteiger charge is 2.21. The van der Waals surface area contributed by atoms with Gasteiger partial charge in [0.05, 0.1) is 0 Å². The summed E-state index contributed by atoms with van der Waals surface area (Å²) in [7, 11) is 0. The second-order valence-electron chi connectivity index (χ2n) is 5.92. The third-order valence-corrected chi connectivity index (χ3v) is 3.16. The Labute approximate surface area is 115 Å². The number of phenolic OH excluding ortho intramolecular Hbond substituents is 1. The number of unbranched alkanes of at least 4 members (excludes halogenated alkanes) is 1. The van der Waals surface area contributed by atoms with Crippen LogP contribution in [0.1, 0.15) is 61.5 Å². The summed E-state index contributed by atoms with van der Waals surface area (Å²) >= 11 is 0. The predicted molar refractivity (Wildman–Crippen MR) is 78.6 cm³/mol. The number of ketones is 1. The summed E-state index contributed by atoms with van der Waals surface area (Å²) < 4.78 is 0. The van der Waals surface area contributed by atoms with Crippen molar-refractivity contribution in [1.29, 1.82) is 0 Å². The topological polar surface area (TPSA) is 37.3 Å². The number of phenols is 1. The maximum Gasteiger partial charge on any atom is 0.162 e. The molecule has 1 aromatic carbocycles. The molecule has 0 unspecified atom stereocenters. The molecule has 2 nitrogen and oxygen atoms in total. The van der Waals surface area contributed by atoms with Crippen LogP contribution in [0.15, 0.2) is 12.1 Å². The molecule has 0 spiro atoms. The highest BCUT2D eigenvalue weighted by atomic mass is 16.3. The van der Waals surface area contributed by atoms with Crippen LogP contribution in [0.2, 0.25) is 0 Å². The third-order valence-electron chi connectivity index (χ3n) is 3.16. The number of terminal acetylenes is 1. The molecule has 0 aromatic heterocycles. The van der Waals surface area contributed by atoms with Gasteiger partial charge in [-0.15, -0.1) is 12.3 Å². The fraction of sp³-hybridized carbons (Fsp3) is 0.471. The Balaban J connectivity index is 3.08. The molecule has 0 aliphatic heterocycles. The molecule has 0 aliphatic carbocycles. The zero-order chi connectivity index (χ0) is 14.6. The van der Waals surface area contributed by atoms with E-state index in [0.29, 0.717) is 24.8 Å². The second-order valence-corrected chi connectivity index (χ2v) is 5.92. The number of aromatic hydroxyl groups is 1. The summed E-state index contributed by atoms with van der Waals surface area (Å²) in [5.41, 5.74) is 2.03. The Bertz CT molecular complexity index is 513. The third kappa shape index (κ3) is 3.86. The smallest absolute Gasteiger partial charge is 0.162 e. The lowest BCUT2D eigenvalue weighted by Crippen LogP contribution is -2.13. The molecule has 0 amide bonds. The average molecular weight is 258 g/mol. The standard InChI is InChI=1S/C17H22O2/c1-6-7-8-9-15(18)13-10-12(2)16(19)14(11-13)17(3,4)5/h1,10-11,19H,7-9H2,2-5H3. The van der Waals surface area contributed by atoms with Crippen molar-refractivity contribution >= 4 is 5.78 Å². The van der Waals surface area contributed by atoms with Crippen molar-refractivity contribution in [2.24, 2.45) is 0 Å². The number of rotatable bonds is 4. The summed E-state index contributed by atoms with van der Waals surface area (Å²) in [6.45, 7) is 7.89. The van der Waals surface area contributed by atoms with E-state index in [0.717, 1.165) is 11.1 Å². The summed E-state index contributed by atoms with van der Waals surface area (Å²) in [5.74, 6) is 2.91. The van der Waals surface area contributed by atoms with Crippen molar-refractivity contribution in [2.45, 2.75) is 52.4 Å². The van der Waals surface area contributed by atoms with Gasteiger partial charge in [0.15, 0.2) is 5.78 Å². The van der Waals surface area contributed by atoms with Gasteiger partial charge in [0.2, 0.25) is 0 Å². The maximum absolute atomic E-state index is 12.1. The average Bonchev–Trinajstić information content (AvgIpc) is 2.31. The van der Waals surface area contributed by atoms with Crippen LogP contribution in [-0.2, 0) is 5.41 Å². The Hall–Kier alpha value is -1.75. The quantitative estimate of drug-likeness (QED) is 0.504. The van der Waals surface area contributed by atoms with Gasteiger partial charge in [-0.25, -0.2) is 0 Å². The highest BCUT2D eigenvalue weighted by molar-refractivity contribution is 5.96. The van der Waals surface area contributed by atoms with Gasteiger partial charge in [-0.3, -0.25) is 4.79 Å². The summed E-state index contributed by atoms with van der Waals surface area (Å²) in [6.07, 6.45) is 6.97. The van der Waals surface area contributed by atoms with Crippen LogP contribution >= 0.6 is 0 Å². The summed E-state index contributed by atoms with van der Waals surface area (Å²) in [6, 6.07) is 3.56. The molecule has 1 N–H and O–H groups in total. The lowest BCUT2D eigenvalue weighted by Gasteiger charge is -2.22. The van der Waals surface area contributed by atoms with Gasteiger partial charge < -0.3 is 5.11 Å². The van der Waals surface area contributed by atoms with Crippen LogP contribution in [0.3, 0.4) is 0 Å². The molecule has 0 heterocycles. The number of carbonyl (C=O) groups excluding carboxylic acids is 1. The van der Waals surface area contributed by atoms with E-state index < -0.39 is 0 Å². The van der Waals surface area contributed by atoms with Gasteiger partial charge in [-0.05, 0) is 36.5 Å². The SMILES string of the molecule is C#CCCCC(=O)c1cc(C)c(O)c(C(C)(C)C)c1. The zero-order valence-electron chi connectivity index (χ0n) is 12.2.